The number of aromatic nitrogens is 3. The first-order valence-electron chi connectivity index (χ1n) is 7.77. The predicted octanol–water partition coefficient (Wildman–Crippen LogP) is 0.790. The third kappa shape index (κ3) is 4.09. The van der Waals surface area contributed by atoms with E-state index in [1.807, 2.05) is 24.3 Å². The molecular formula is C15H19ClN6O4. The highest BCUT2D eigenvalue weighted by atomic mass is 35.5. The molecule has 0 spiro atoms. The zero-order chi connectivity index (χ0) is 17.8. The van der Waals surface area contributed by atoms with Gasteiger partial charge in [0, 0.05) is 30.3 Å². The minimum atomic E-state index is -0.691. The molecule has 1 atom stereocenters. The molecule has 1 fully saturated rings. The van der Waals surface area contributed by atoms with Crippen molar-refractivity contribution < 1.29 is 14.5 Å². The highest BCUT2D eigenvalue weighted by Crippen LogP contribution is 2.30. The van der Waals surface area contributed by atoms with Gasteiger partial charge >= 0.3 is 5.95 Å². The van der Waals surface area contributed by atoms with E-state index >= 15 is 0 Å². The number of carbonyl (C=O) groups is 1. The fraction of sp³-hybridized carbons (Fsp3) is 0.400. The van der Waals surface area contributed by atoms with Crippen LogP contribution in [0.5, 0.6) is 5.75 Å². The normalized spacial score (nSPS) is 16.7. The van der Waals surface area contributed by atoms with E-state index in [0.717, 1.165) is 5.56 Å². The Labute approximate surface area is 155 Å². The van der Waals surface area contributed by atoms with Crippen LogP contribution in [-0.2, 0) is 11.3 Å². The van der Waals surface area contributed by atoms with Crippen molar-refractivity contribution >= 4 is 24.3 Å². The fourth-order valence-corrected chi connectivity index (χ4v) is 2.90. The second-order valence-electron chi connectivity index (χ2n) is 5.55. The van der Waals surface area contributed by atoms with Crippen LogP contribution in [0.4, 0.5) is 5.95 Å². The van der Waals surface area contributed by atoms with Crippen molar-refractivity contribution in [2.45, 2.75) is 12.6 Å². The molecule has 2 aromatic rings. The van der Waals surface area contributed by atoms with Gasteiger partial charge in [-0.15, -0.1) is 12.4 Å². The lowest BCUT2D eigenvalue weighted by molar-refractivity contribution is -0.394. The standard InChI is InChI=1S/C15H18N6O4.ClH/c1-25-13-5-3-2-4-11(13)12-8-16-6-7-20(12)14(22)9-19-10-17-15(18-19)21(23)24;/h2-5,10,12,16H,6-9H2,1H3;1H. The molecule has 1 aromatic heterocycles. The summed E-state index contributed by atoms with van der Waals surface area (Å²) in [6, 6.07) is 7.37. The number of nitrogens with zero attached hydrogens (tertiary/aromatic N) is 5. The van der Waals surface area contributed by atoms with Crippen molar-refractivity contribution in [1.82, 2.24) is 25.0 Å². The average molecular weight is 383 g/mol. The highest BCUT2D eigenvalue weighted by molar-refractivity contribution is 5.85. The van der Waals surface area contributed by atoms with Crippen LogP contribution in [0.3, 0.4) is 0 Å². The summed E-state index contributed by atoms with van der Waals surface area (Å²) in [7, 11) is 1.59. The largest absolute Gasteiger partial charge is 0.496 e. The molecule has 11 heteroatoms. The second-order valence-corrected chi connectivity index (χ2v) is 5.55. The van der Waals surface area contributed by atoms with Crippen molar-refractivity contribution in [2.75, 3.05) is 26.7 Å². The van der Waals surface area contributed by atoms with Crippen LogP contribution in [-0.4, -0.2) is 57.2 Å². The van der Waals surface area contributed by atoms with Crippen molar-refractivity contribution in [3.63, 3.8) is 0 Å². The monoisotopic (exact) mass is 382 g/mol. The van der Waals surface area contributed by atoms with Crippen molar-refractivity contribution in [1.29, 1.82) is 0 Å². The van der Waals surface area contributed by atoms with E-state index in [2.05, 4.69) is 15.4 Å². The van der Waals surface area contributed by atoms with Crippen LogP contribution in [0.25, 0.3) is 0 Å². The summed E-state index contributed by atoms with van der Waals surface area (Å²) < 4.78 is 6.59. The SMILES string of the molecule is COc1ccccc1C1CNCCN1C(=O)Cn1cnc([N+](=O)[O-])n1.Cl. The van der Waals surface area contributed by atoms with Gasteiger partial charge in [0.05, 0.1) is 13.2 Å². The molecule has 1 unspecified atom stereocenters. The summed E-state index contributed by atoms with van der Waals surface area (Å²) in [5.74, 6) is 0.0111. The molecule has 0 bridgehead atoms. The van der Waals surface area contributed by atoms with E-state index in [1.165, 1.54) is 11.0 Å². The van der Waals surface area contributed by atoms with Gasteiger partial charge in [0.15, 0.2) is 0 Å². The Hall–Kier alpha value is -2.72. The number of piperazine rings is 1. The molecule has 1 saturated heterocycles. The van der Waals surface area contributed by atoms with Crippen LogP contribution in [0.15, 0.2) is 30.6 Å². The second kappa shape index (κ2) is 8.59. The zero-order valence-corrected chi connectivity index (χ0v) is 14.9. The van der Waals surface area contributed by atoms with Crippen LogP contribution in [0, 0.1) is 10.1 Å². The Morgan fingerprint density at radius 3 is 2.92 bits per heavy atom. The van der Waals surface area contributed by atoms with Crippen LogP contribution in [0.2, 0.25) is 0 Å². The van der Waals surface area contributed by atoms with Crippen molar-refractivity contribution in [3.05, 3.63) is 46.3 Å². The van der Waals surface area contributed by atoms with E-state index in [0.29, 0.717) is 25.4 Å². The number of nitro groups is 1. The van der Waals surface area contributed by atoms with Gasteiger partial charge in [0.1, 0.15) is 12.3 Å². The summed E-state index contributed by atoms with van der Waals surface area (Å²) in [5.41, 5.74) is 0.912. The van der Waals surface area contributed by atoms with Gasteiger partial charge in [-0.1, -0.05) is 23.2 Å². The number of hydrogen-bond acceptors (Lipinski definition) is 7. The first-order chi connectivity index (χ1) is 12.1. The number of rotatable bonds is 5. The van der Waals surface area contributed by atoms with Crippen LogP contribution in [0.1, 0.15) is 11.6 Å². The third-order valence-corrected chi connectivity index (χ3v) is 4.05. The summed E-state index contributed by atoms with van der Waals surface area (Å²) in [6.07, 6.45) is 1.19. The van der Waals surface area contributed by atoms with Gasteiger partial charge in [-0.3, -0.25) is 4.79 Å². The van der Waals surface area contributed by atoms with E-state index in [-0.39, 0.29) is 30.9 Å². The van der Waals surface area contributed by atoms with Gasteiger partial charge < -0.3 is 25.1 Å². The maximum atomic E-state index is 12.7. The van der Waals surface area contributed by atoms with Crippen LogP contribution >= 0.6 is 12.4 Å². The van der Waals surface area contributed by atoms with E-state index in [9.17, 15) is 14.9 Å². The maximum Gasteiger partial charge on any atom is 0.490 e. The Bertz CT molecular complexity index is 783. The molecule has 1 aliphatic rings. The Morgan fingerprint density at radius 2 is 2.23 bits per heavy atom. The van der Waals surface area contributed by atoms with Gasteiger partial charge in [-0.25, -0.2) is 0 Å². The number of para-hydroxylation sites is 1. The summed E-state index contributed by atoms with van der Waals surface area (Å²) in [5, 5.41) is 17.6. The maximum absolute atomic E-state index is 12.7. The number of halogens is 1. The molecular weight excluding hydrogens is 364 g/mol. The molecule has 2 heterocycles. The molecule has 0 saturated carbocycles. The lowest BCUT2D eigenvalue weighted by Gasteiger charge is -2.37. The molecule has 0 aliphatic carbocycles. The summed E-state index contributed by atoms with van der Waals surface area (Å²) in [4.78, 5) is 28.0. The number of nitrogens with one attached hydrogen (secondary N) is 1. The lowest BCUT2D eigenvalue weighted by atomic mass is 10.0. The minimum absolute atomic E-state index is 0. The third-order valence-electron chi connectivity index (χ3n) is 4.05. The molecule has 1 aromatic carbocycles. The number of methoxy groups -OCH3 is 1. The number of amides is 1. The Morgan fingerprint density at radius 1 is 1.46 bits per heavy atom. The molecule has 140 valence electrons. The van der Waals surface area contributed by atoms with Gasteiger partial charge in [-0.2, -0.15) is 4.68 Å². The molecule has 3 rings (SSSR count). The zero-order valence-electron chi connectivity index (χ0n) is 14.1. The topological polar surface area (TPSA) is 115 Å². The van der Waals surface area contributed by atoms with Gasteiger partial charge in [-0.05, 0) is 11.0 Å². The minimum Gasteiger partial charge on any atom is -0.496 e. The average Bonchev–Trinajstić information content (AvgIpc) is 3.10. The highest BCUT2D eigenvalue weighted by Gasteiger charge is 2.30. The summed E-state index contributed by atoms with van der Waals surface area (Å²) >= 11 is 0. The van der Waals surface area contributed by atoms with E-state index < -0.39 is 10.9 Å². The number of hydrogen-bond donors (Lipinski definition) is 1. The first-order valence-corrected chi connectivity index (χ1v) is 7.77. The number of benzene rings is 1. The quantitative estimate of drug-likeness (QED) is 0.600. The molecule has 0 radical (unpaired) electrons. The smallest absolute Gasteiger partial charge is 0.490 e. The number of ether oxygens (including phenoxy) is 1. The van der Waals surface area contributed by atoms with Crippen molar-refractivity contribution in [2.24, 2.45) is 0 Å². The predicted molar refractivity (Wildman–Crippen MR) is 94.2 cm³/mol. The van der Waals surface area contributed by atoms with Crippen LogP contribution < -0.4 is 10.1 Å². The molecule has 1 amide bonds. The Balaban J connectivity index is 0.00000243. The fourth-order valence-electron chi connectivity index (χ4n) is 2.90. The Kier molecular flexibility index (Phi) is 6.47. The molecule has 1 N–H and O–H groups in total. The van der Waals surface area contributed by atoms with Gasteiger partial charge in [0.2, 0.25) is 12.2 Å². The van der Waals surface area contributed by atoms with Gasteiger partial charge in [0.25, 0.3) is 0 Å². The van der Waals surface area contributed by atoms with Crippen molar-refractivity contribution in [3.8, 4) is 5.75 Å². The molecule has 1 aliphatic heterocycles. The first kappa shape index (κ1) is 19.6. The van der Waals surface area contributed by atoms with E-state index in [1.54, 1.807) is 12.0 Å². The molecule has 10 nitrogen and oxygen atoms in total. The number of carbonyl (C=O) groups excluding carboxylic acids is 1. The summed E-state index contributed by atoms with van der Waals surface area (Å²) in [6.45, 7) is 1.70. The molecule has 26 heavy (non-hydrogen) atoms. The lowest BCUT2D eigenvalue weighted by Crippen LogP contribution is -2.49. The van der Waals surface area contributed by atoms with E-state index in [4.69, 9.17) is 4.74 Å².